The average Bonchev–Trinajstić information content (AvgIpc) is 2.94. The summed E-state index contributed by atoms with van der Waals surface area (Å²) in [5.41, 5.74) is 1.22. The molecule has 2 amide bonds. The van der Waals surface area contributed by atoms with Crippen molar-refractivity contribution in [3.8, 4) is 0 Å². The second kappa shape index (κ2) is 5.62. The number of allylic oxidation sites excluding steroid dienone is 4. The van der Waals surface area contributed by atoms with Crippen LogP contribution >= 0.6 is 0 Å². The van der Waals surface area contributed by atoms with Gasteiger partial charge < -0.3 is 4.84 Å². The highest BCUT2D eigenvalue weighted by molar-refractivity contribution is 6.01. The zero-order chi connectivity index (χ0) is 13.0. The lowest BCUT2D eigenvalue weighted by molar-refractivity contribution is -0.197. The maximum atomic E-state index is 11.5. The van der Waals surface area contributed by atoms with Crippen molar-refractivity contribution in [2.24, 2.45) is 0 Å². The highest BCUT2D eigenvalue weighted by Crippen LogP contribution is 2.17. The smallest absolute Gasteiger partial charge is 0.330 e. The first-order chi connectivity index (χ1) is 8.66. The molecular weight excluding hydrogens is 234 g/mol. The molecule has 1 aliphatic heterocycles. The standard InChI is InChI=1S/C13H15NO4/c15-11-8-9-12(16)14(11)18-13(17)7-3-6-10-4-1-2-5-10/h1,4-5H,2-3,6-9H2. The van der Waals surface area contributed by atoms with Gasteiger partial charge in [0.1, 0.15) is 0 Å². The molecule has 0 radical (unpaired) electrons. The normalized spacial score (nSPS) is 18.4. The van der Waals surface area contributed by atoms with Crippen molar-refractivity contribution >= 4 is 17.8 Å². The predicted molar refractivity (Wildman–Crippen MR) is 62.9 cm³/mol. The summed E-state index contributed by atoms with van der Waals surface area (Å²) in [7, 11) is 0. The van der Waals surface area contributed by atoms with Crippen molar-refractivity contribution in [3.05, 3.63) is 23.8 Å². The van der Waals surface area contributed by atoms with Gasteiger partial charge in [-0.25, -0.2) is 4.79 Å². The second-order valence-corrected chi connectivity index (χ2v) is 4.32. The molecule has 1 saturated heterocycles. The first-order valence-corrected chi connectivity index (χ1v) is 6.09. The van der Waals surface area contributed by atoms with Crippen molar-refractivity contribution in [3.63, 3.8) is 0 Å². The molecule has 1 aliphatic carbocycles. The quantitative estimate of drug-likeness (QED) is 0.695. The van der Waals surface area contributed by atoms with Gasteiger partial charge in [0.05, 0.1) is 0 Å². The Balaban J connectivity index is 1.70. The van der Waals surface area contributed by atoms with E-state index in [0.29, 0.717) is 11.5 Å². The van der Waals surface area contributed by atoms with Gasteiger partial charge in [0.15, 0.2) is 0 Å². The Morgan fingerprint density at radius 3 is 2.61 bits per heavy atom. The van der Waals surface area contributed by atoms with E-state index in [4.69, 9.17) is 4.84 Å². The van der Waals surface area contributed by atoms with E-state index >= 15 is 0 Å². The van der Waals surface area contributed by atoms with Gasteiger partial charge in [0.25, 0.3) is 11.8 Å². The van der Waals surface area contributed by atoms with E-state index in [9.17, 15) is 14.4 Å². The molecular formula is C13H15NO4. The fourth-order valence-corrected chi connectivity index (χ4v) is 1.93. The summed E-state index contributed by atoms with van der Waals surface area (Å²) in [4.78, 5) is 38.6. The van der Waals surface area contributed by atoms with Gasteiger partial charge in [-0.05, 0) is 19.3 Å². The van der Waals surface area contributed by atoms with Gasteiger partial charge in [0.2, 0.25) is 0 Å². The molecule has 1 heterocycles. The molecule has 1 fully saturated rings. The van der Waals surface area contributed by atoms with Crippen molar-refractivity contribution in [1.29, 1.82) is 0 Å². The summed E-state index contributed by atoms with van der Waals surface area (Å²) in [5.74, 6) is -1.40. The van der Waals surface area contributed by atoms with Crippen molar-refractivity contribution in [1.82, 2.24) is 5.06 Å². The van der Waals surface area contributed by atoms with Crippen LogP contribution in [0.2, 0.25) is 0 Å². The third-order valence-corrected chi connectivity index (χ3v) is 2.89. The SMILES string of the molecule is O=C(CCCC1=CCC=C1)ON1C(=O)CCC1=O. The van der Waals surface area contributed by atoms with Crippen LogP contribution in [-0.4, -0.2) is 22.8 Å². The lowest BCUT2D eigenvalue weighted by atomic mass is 10.1. The Morgan fingerprint density at radius 2 is 2.00 bits per heavy atom. The zero-order valence-electron chi connectivity index (χ0n) is 10.1. The number of imide groups is 1. The molecule has 0 aromatic heterocycles. The van der Waals surface area contributed by atoms with Gasteiger partial charge >= 0.3 is 5.97 Å². The van der Waals surface area contributed by atoms with Crippen LogP contribution in [0.4, 0.5) is 0 Å². The van der Waals surface area contributed by atoms with Gasteiger partial charge in [-0.15, -0.1) is 5.06 Å². The van der Waals surface area contributed by atoms with E-state index in [0.717, 1.165) is 12.8 Å². The fourth-order valence-electron chi connectivity index (χ4n) is 1.93. The molecule has 0 bridgehead atoms. The summed E-state index contributed by atoms with van der Waals surface area (Å²) >= 11 is 0. The molecule has 0 aromatic carbocycles. The molecule has 0 saturated carbocycles. The molecule has 18 heavy (non-hydrogen) atoms. The molecule has 2 rings (SSSR count). The maximum Gasteiger partial charge on any atom is 0.333 e. The largest absolute Gasteiger partial charge is 0.333 e. The topological polar surface area (TPSA) is 63.7 Å². The number of carbonyl (C=O) groups is 3. The van der Waals surface area contributed by atoms with E-state index in [1.165, 1.54) is 5.57 Å². The molecule has 2 aliphatic rings. The second-order valence-electron chi connectivity index (χ2n) is 4.32. The summed E-state index contributed by atoms with van der Waals surface area (Å²) in [6.45, 7) is 0. The summed E-state index contributed by atoms with van der Waals surface area (Å²) in [6, 6.07) is 0. The molecule has 96 valence electrons. The minimum atomic E-state index is -0.527. The number of carbonyl (C=O) groups excluding carboxylic acids is 3. The van der Waals surface area contributed by atoms with Gasteiger partial charge in [-0.2, -0.15) is 0 Å². The van der Waals surface area contributed by atoms with Crippen LogP contribution in [0.15, 0.2) is 23.8 Å². The zero-order valence-corrected chi connectivity index (χ0v) is 10.1. The number of rotatable bonds is 5. The summed E-state index contributed by atoms with van der Waals surface area (Å²) in [6.07, 6.45) is 9.11. The maximum absolute atomic E-state index is 11.5. The Labute approximate surface area is 105 Å². The molecule has 5 nitrogen and oxygen atoms in total. The molecule has 0 unspecified atom stereocenters. The number of hydrogen-bond acceptors (Lipinski definition) is 4. The fraction of sp³-hybridized carbons (Fsp3) is 0.462. The van der Waals surface area contributed by atoms with Gasteiger partial charge in [-0.3, -0.25) is 9.59 Å². The highest BCUT2D eigenvalue weighted by atomic mass is 16.7. The van der Waals surface area contributed by atoms with Crippen molar-refractivity contribution < 1.29 is 19.2 Å². The predicted octanol–water partition coefficient (Wildman–Crippen LogP) is 1.65. The van der Waals surface area contributed by atoms with E-state index in [2.05, 4.69) is 12.2 Å². The minimum Gasteiger partial charge on any atom is -0.330 e. The van der Waals surface area contributed by atoms with Gasteiger partial charge in [-0.1, -0.05) is 23.8 Å². The van der Waals surface area contributed by atoms with Gasteiger partial charge in [0, 0.05) is 19.3 Å². The molecule has 0 spiro atoms. The van der Waals surface area contributed by atoms with Crippen LogP contribution in [-0.2, 0) is 19.2 Å². The van der Waals surface area contributed by atoms with Crippen LogP contribution in [0.25, 0.3) is 0 Å². The lowest BCUT2D eigenvalue weighted by Gasteiger charge is -2.12. The van der Waals surface area contributed by atoms with Crippen LogP contribution < -0.4 is 0 Å². The van der Waals surface area contributed by atoms with Crippen LogP contribution in [0.3, 0.4) is 0 Å². The number of hydroxylamine groups is 2. The van der Waals surface area contributed by atoms with Crippen molar-refractivity contribution in [2.45, 2.75) is 38.5 Å². The first kappa shape index (κ1) is 12.5. The summed E-state index contributed by atoms with van der Waals surface area (Å²) < 4.78 is 0. The van der Waals surface area contributed by atoms with Crippen LogP contribution in [0.5, 0.6) is 0 Å². The first-order valence-electron chi connectivity index (χ1n) is 6.09. The summed E-state index contributed by atoms with van der Waals surface area (Å²) in [5, 5.41) is 0.594. The lowest BCUT2D eigenvalue weighted by Crippen LogP contribution is -2.31. The van der Waals surface area contributed by atoms with Crippen LogP contribution in [0.1, 0.15) is 38.5 Å². The monoisotopic (exact) mass is 249 g/mol. The van der Waals surface area contributed by atoms with E-state index in [1.807, 2.05) is 6.08 Å². The number of amides is 2. The average molecular weight is 249 g/mol. The third kappa shape index (κ3) is 3.06. The molecule has 0 atom stereocenters. The number of nitrogens with zero attached hydrogens (tertiary/aromatic N) is 1. The Hall–Kier alpha value is -1.91. The Kier molecular flexibility index (Phi) is 3.92. The van der Waals surface area contributed by atoms with Crippen molar-refractivity contribution in [2.75, 3.05) is 0 Å². The van der Waals surface area contributed by atoms with E-state index in [-0.39, 0.29) is 19.3 Å². The number of hydrogen-bond donors (Lipinski definition) is 0. The van der Waals surface area contributed by atoms with E-state index < -0.39 is 17.8 Å². The Morgan fingerprint density at radius 1 is 1.28 bits per heavy atom. The van der Waals surface area contributed by atoms with Crippen LogP contribution in [0, 0.1) is 0 Å². The molecule has 0 aromatic rings. The molecule has 0 N–H and O–H groups in total. The minimum absolute atomic E-state index is 0.129. The molecule has 5 heteroatoms. The Bertz CT molecular complexity index is 420. The highest BCUT2D eigenvalue weighted by Gasteiger charge is 2.32. The van der Waals surface area contributed by atoms with E-state index in [1.54, 1.807) is 0 Å². The third-order valence-electron chi connectivity index (χ3n) is 2.89.